The molecule has 0 unspecified atom stereocenters. The normalized spacial score (nSPS) is 10.6. The topological polar surface area (TPSA) is 51.7 Å². The van der Waals surface area contributed by atoms with Crippen LogP contribution < -0.4 is 9.47 Å². The van der Waals surface area contributed by atoms with Gasteiger partial charge in [0.2, 0.25) is 5.91 Å². The maximum Gasteiger partial charge on any atom is 0.228 e. The summed E-state index contributed by atoms with van der Waals surface area (Å²) in [5, 5.41) is 3.39. The predicted octanol–water partition coefficient (Wildman–Crippen LogP) is 4.76. The molecule has 0 aliphatic heterocycles. The Labute approximate surface area is 179 Å². The lowest BCUT2D eigenvalue weighted by Crippen LogP contribution is -2.32. The van der Waals surface area contributed by atoms with Crippen molar-refractivity contribution in [3.8, 4) is 11.5 Å². The van der Waals surface area contributed by atoms with Crippen LogP contribution in [-0.2, 0) is 17.8 Å². The highest BCUT2D eigenvalue weighted by molar-refractivity contribution is 7.09. The molecule has 0 saturated carbocycles. The fraction of sp³-hybridized carbons (Fsp3) is 0.273. The molecule has 1 aromatic heterocycles. The van der Waals surface area contributed by atoms with Crippen molar-refractivity contribution in [3.63, 3.8) is 0 Å². The van der Waals surface area contributed by atoms with Crippen LogP contribution in [0, 0.1) is 6.92 Å². The Balaban J connectivity index is 1.42. The highest BCUT2D eigenvalue weighted by Gasteiger charge is 2.13. The van der Waals surface area contributed by atoms with Crippen LogP contribution in [0.15, 0.2) is 53.9 Å². The van der Waals surface area contributed by atoms with E-state index in [1.54, 1.807) is 24.1 Å². The van der Waals surface area contributed by atoms with Gasteiger partial charge in [-0.3, -0.25) is 4.79 Å². The summed E-state index contributed by atoms with van der Waals surface area (Å²) in [5.41, 5.74) is 1.90. The number of rotatable bonds is 9. The van der Waals surface area contributed by atoms with Crippen LogP contribution in [0.2, 0.25) is 5.02 Å². The molecule has 0 bridgehead atoms. The van der Waals surface area contributed by atoms with Gasteiger partial charge in [-0.15, -0.1) is 11.3 Å². The van der Waals surface area contributed by atoms with Gasteiger partial charge in [0.15, 0.2) is 0 Å². The van der Waals surface area contributed by atoms with Crippen molar-refractivity contribution < 1.29 is 14.3 Å². The van der Waals surface area contributed by atoms with E-state index in [1.165, 1.54) is 11.3 Å². The molecule has 0 N–H and O–H groups in total. The maximum absolute atomic E-state index is 12.4. The average molecular weight is 431 g/mol. The zero-order chi connectivity index (χ0) is 20.6. The zero-order valence-electron chi connectivity index (χ0n) is 16.4. The van der Waals surface area contributed by atoms with Crippen LogP contribution in [-0.4, -0.2) is 36.0 Å². The second-order valence-corrected chi connectivity index (χ2v) is 8.01. The first-order valence-corrected chi connectivity index (χ1v) is 10.5. The first kappa shape index (κ1) is 21.1. The standard InChI is InChI=1S/C22H23ClN2O3S/c1-16-4-3-5-20(12-16)27-11-10-25(2)22(26)13-18-15-29-21(24-18)14-28-19-8-6-17(23)7-9-19/h3-9,12,15H,10-11,13-14H2,1-2H3. The number of halogens is 1. The number of aryl methyl sites for hydroxylation is 1. The Bertz CT molecular complexity index is 943. The quantitative estimate of drug-likeness (QED) is 0.491. The van der Waals surface area contributed by atoms with E-state index in [-0.39, 0.29) is 12.3 Å². The minimum absolute atomic E-state index is 0.00770. The zero-order valence-corrected chi connectivity index (χ0v) is 18.0. The largest absolute Gasteiger partial charge is 0.492 e. The number of likely N-dealkylation sites (N-methyl/N-ethyl adjacent to an activating group) is 1. The van der Waals surface area contributed by atoms with Crippen molar-refractivity contribution in [2.24, 2.45) is 0 Å². The molecular weight excluding hydrogens is 408 g/mol. The van der Waals surface area contributed by atoms with Crippen LogP contribution in [0.25, 0.3) is 0 Å². The van der Waals surface area contributed by atoms with Crippen molar-refractivity contribution in [2.75, 3.05) is 20.2 Å². The Morgan fingerprint density at radius 3 is 2.69 bits per heavy atom. The Morgan fingerprint density at radius 1 is 1.14 bits per heavy atom. The highest BCUT2D eigenvalue weighted by Crippen LogP contribution is 2.18. The molecule has 3 rings (SSSR count). The number of ether oxygens (including phenoxy) is 2. The number of nitrogens with zero attached hydrogens (tertiary/aromatic N) is 2. The van der Waals surface area contributed by atoms with Gasteiger partial charge in [-0.25, -0.2) is 4.98 Å². The molecule has 29 heavy (non-hydrogen) atoms. The molecule has 1 heterocycles. The SMILES string of the molecule is Cc1cccc(OCCN(C)C(=O)Cc2csc(COc3ccc(Cl)cc3)n2)c1. The molecular formula is C22H23ClN2O3S. The molecule has 0 spiro atoms. The summed E-state index contributed by atoms with van der Waals surface area (Å²) in [6, 6.07) is 15.1. The van der Waals surface area contributed by atoms with Crippen LogP contribution >= 0.6 is 22.9 Å². The van der Waals surface area contributed by atoms with E-state index in [2.05, 4.69) is 4.98 Å². The van der Waals surface area contributed by atoms with Crippen molar-refractivity contribution >= 4 is 28.8 Å². The first-order valence-electron chi connectivity index (χ1n) is 9.24. The molecule has 0 aliphatic carbocycles. The minimum Gasteiger partial charge on any atom is -0.492 e. The highest BCUT2D eigenvalue weighted by atomic mass is 35.5. The number of amides is 1. The van der Waals surface area contributed by atoms with E-state index in [0.29, 0.717) is 24.8 Å². The van der Waals surface area contributed by atoms with Crippen molar-refractivity contribution in [1.82, 2.24) is 9.88 Å². The van der Waals surface area contributed by atoms with Gasteiger partial charge in [-0.2, -0.15) is 0 Å². The molecule has 5 nitrogen and oxygen atoms in total. The van der Waals surface area contributed by atoms with Crippen molar-refractivity contribution in [1.29, 1.82) is 0 Å². The third-order valence-corrected chi connectivity index (χ3v) is 5.34. The van der Waals surface area contributed by atoms with Gasteiger partial charge < -0.3 is 14.4 Å². The maximum atomic E-state index is 12.4. The summed E-state index contributed by atoms with van der Waals surface area (Å²) in [6.07, 6.45) is 0.262. The molecule has 0 atom stereocenters. The molecule has 0 saturated heterocycles. The van der Waals surface area contributed by atoms with E-state index in [9.17, 15) is 4.79 Å². The van der Waals surface area contributed by atoms with Crippen molar-refractivity contribution in [2.45, 2.75) is 20.0 Å². The predicted molar refractivity (Wildman–Crippen MR) is 116 cm³/mol. The van der Waals surface area contributed by atoms with E-state index in [4.69, 9.17) is 21.1 Å². The third kappa shape index (κ3) is 6.76. The average Bonchev–Trinajstić information content (AvgIpc) is 3.15. The molecule has 1 amide bonds. The number of carbonyl (C=O) groups excluding carboxylic acids is 1. The lowest BCUT2D eigenvalue weighted by molar-refractivity contribution is -0.129. The van der Waals surface area contributed by atoms with Crippen LogP contribution in [0.1, 0.15) is 16.3 Å². The molecule has 3 aromatic rings. The van der Waals surface area contributed by atoms with Gasteiger partial charge in [-0.05, 0) is 48.9 Å². The molecule has 0 fully saturated rings. The Morgan fingerprint density at radius 2 is 1.93 bits per heavy atom. The lowest BCUT2D eigenvalue weighted by Gasteiger charge is -2.17. The Hall–Kier alpha value is -2.57. The number of hydrogen-bond donors (Lipinski definition) is 0. The van der Waals surface area contributed by atoms with Gasteiger partial charge >= 0.3 is 0 Å². The van der Waals surface area contributed by atoms with Gasteiger partial charge in [0.05, 0.1) is 18.7 Å². The van der Waals surface area contributed by atoms with Crippen molar-refractivity contribution in [3.05, 3.63) is 75.2 Å². The minimum atomic E-state index is 0.00770. The summed E-state index contributed by atoms with van der Waals surface area (Å²) < 4.78 is 11.4. The number of hydrogen-bond acceptors (Lipinski definition) is 5. The molecule has 0 radical (unpaired) electrons. The summed E-state index contributed by atoms with van der Waals surface area (Å²) in [7, 11) is 1.78. The summed E-state index contributed by atoms with van der Waals surface area (Å²) in [5.74, 6) is 1.56. The fourth-order valence-electron chi connectivity index (χ4n) is 2.59. The summed E-state index contributed by atoms with van der Waals surface area (Å²) in [6.45, 7) is 3.35. The van der Waals surface area contributed by atoms with E-state index in [1.807, 2.05) is 48.7 Å². The smallest absolute Gasteiger partial charge is 0.228 e. The monoisotopic (exact) mass is 430 g/mol. The van der Waals surface area contributed by atoms with Gasteiger partial charge in [0, 0.05) is 17.5 Å². The third-order valence-electron chi connectivity index (χ3n) is 4.22. The number of benzene rings is 2. The second kappa shape index (κ2) is 10.3. The summed E-state index contributed by atoms with van der Waals surface area (Å²) in [4.78, 5) is 18.6. The summed E-state index contributed by atoms with van der Waals surface area (Å²) >= 11 is 7.35. The number of carbonyl (C=O) groups is 1. The van der Waals surface area contributed by atoms with Gasteiger partial charge in [-0.1, -0.05) is 23.7 Å². The first-order chi connectivity index (χ1) is 14.0. The van der Waals surface area contributed by atoms with E-state index in [0.717, 1.165) is 27.8 Å². The fourth-order valence-corrected chi connectivity index (χ4v) is 3.42. The van der Waals surface area contributed by atoms with E-state index < -0.39 is 0 Å². The number of thiazole rings is 1. The van der Waals surface area contributed by atoms with Crippen LogP contribution in [0.4, 0.5) is 0 Å². The van der Waals surface area contributed by atoms with Gasteiger partial charge in [0.25, 0.3) is 0 Å². The second-order valence-electron chi connectivity index (χ2n) is 6.63. The number of aromatic nitrogens is 1. The molecule has 2 aromatic carbocycles. The van der Waals surface area contributed by atoms with Gasteiger partial charge in [0.1, 0.15) is 29.7 Å². The van der Waals surface area contributed by atoms with E-state index >= 15 is 0 Å². The van der Waals surface area contributed by atoms with Crippen LogP contribution in [0.5, 0.6) is 11.5 Å². The molecule has 7 heteroatoms. The molecule has 0 aliphatic rings. The van der Waals surface area contributed by atoms with Crippen LogP contribution in [0.3, 0.4) is 0 Å². The lowest BCUT2D eigenvalue weighted by atomic mass is 10.2. The Kier molecular flexibility index (Phi) is 7.49. The molecule has 152 valence electrons.